The first-order chi connectivity index (χ1) is 11.5. The molecule has 1 saturated carbocycles. The smallest absolute Gasteiger partial charge is 0.336 e. The molecule has 24 heavy (non-hydrogen) atoms. The molecule has 0 aromatic carbocycles. The van der Waals surface area contributed by atoms with Gasteiger partial charge in [-0.05, 0) is 44.6 Å². The molecule has 2 aliphatic rings. The molecule has 3 rings (SSSR count). The van der Waals surface area contributed by atoms with E-state index in [9.17, 15) is 9.59 Å². The molecule has 0 amide bonds. The molecule has 128 valence electrons. The van der Waals surface area contributed by atoms with Crippen LogP contribution in [0.3, 0.4) is 0 Å². The van der Waals surface area contributed by atoms with Gasteiger partial charge < -0.3 is 4.74 Å². The molecule has 0 N–H and O–H groups in total. The summed E-state index contributed by atoms with van der Waals surface area (Å²) in [4.78, 5) is 31.1. The Morgan fingerprint density at radius 3 is 2.88 bits per heavy atom. The summed E-state index contributed by atoms with van der Waals surface area (Å²) in [6, 6.07) is 3.97. The number of ether oxygens (including phenoxy) is 1. The van der Waals surface area contributed by atoms with Crippen LogP contribution in [0.5, 0.6) is 0 Å². The lowest BCUT2D eigenvalue weighted by Gasteiger charge is -2.35. The van der Waals surface area contributed by atoms with Gasteiger partial charge in [-0.15, -0.1) is 11.3 Å². The van der Waals surface area contributed by atoms with Crippen molar-refractivity contribution in [3.05, 3.63) is 33.7 Å². The lowest BCUT2D eigenvalue weighted by Crippen LogP contribution is -2.39. The van der Waals surface area contributed by atoms with Crippen molar-refractivity contribution in [3.63, 3.8) is 0 Å². The van der Waals surface area contributed by atoms with Crippen LogP contribution < -0.4 is 0 Å². The number of nitrogens with zero attached hydrogens (tertiary/aromatic N) is 1. The van der Waals surface area contributed by atoms with Crippen LogP contribution in [-0.4, -0.2) is 23.6 Å². The minimum atomic E-state index is -0.332. The number of hydrogen-bond acceptors (Lipinski definition) is 5. The summed E-state index contributed by atoms with van der Waals surface area (Å²) < 4.78 is 5.58. The van der Waals surface area contributed by atoms with Crippen molar-refractivity contribution in [2.75, 3.05) is 0 Å². The van der Waals surface area contributed by atoms with Gasteiger partial charge >= 0.3 is 5.97 Å². The molecule has 1 fully saturated rings. The zero-order chi connectivity index (χ0) is 17.3. The van der Waals surface area contributed by atoms with Gasteiger partial charge in [0, 0.05) is 28.6 Å². The quantitative estimate of drug-likeness (QED) is 0.766. The van der Waals surface area contributed by atoms with Crippen LogP contribution in [0.1, 0.15) is 57.2 Å². The molecule has 3 atom stereocenters. The molecule has 4 nitrogen and oxygen atoms in total. The molecule has 0 unspecified atom stereocenters. The maximum atomic E-state index is 12.8. The number of fused-ring (bicyclic) bond motifs is 1. The Kier molecular flexibility index (Phi) is 4.99. The van der Waals surface area contributed by atoms with Gasteiger partial charge in [0.1, 0.15) is 5.78 Å². The van der Waals surface area contributed by atoms with E-state index in [1.807, 2.05) is 38.3 Å². The maximum Gasteiger partial charge on any atom is 0.336 e. The number of ketones is 1. The monoisotopic (exact) mass is 345 g/mol. The Hall–Kier alpha value is -1.75. The zero-order valence-corrected chi connectivity index (χ0v) is 15.2. The summed E-state index contributed by atoms with van der Waals surface area (Å²) >= 11 is 1.59. The van der Waals surface area contributed by atoms with Crippen LogP contribution in [0, 0.1) is 5.92 Å². The lowest BCUT2D eigenvalue weighted by atomic mass is 9.71. The number of carbonyl (C=O) groups excluding carboxylic acids is 2. The van der Waals surface area contributed by atoms with Gasteiger partial charge in [-0.2, -0.15) is 0 Å². The maximum absolute atomic E-state index is 12.8. The first kappa shape index (κ1) is 17.1. The predicted octanol–water partition coefficient (Wildman–Crippen LogP) is 4.27. The molecule has 1 aromatic rings. The summed E-state index contributed by atoms with van der Waals surface area (Å²) in [5, 5.41) is 1.99. The zero-order valence-electron chi connectivity index (χ0n) is 14.4. The number of allylic oxidation sites excluding steroid dienone is 1. The molecule has 0 bridgehead atoms. The van der Waals surface area contributed by atoms with Crippen LogP contribution in [0.2, 0.25) is 0 Å². The van der Waals surface area contributed by atoms with Crippen molar-refractivity contribution in [1.29, 1.82) is 0 Å². The topological polar surface area (TPSA) is 55.7 Å². The van der Waals surface area contributed by atoms with E-state index in [-0.39, 0.29) is 29.7 Å². The average molecular weight is 345 g/mol. The van der Waals surface area contributed by atoms with E-state index in [2.05, 4.69) is 4.99 Å². The van der Waals surface area contributed by atoms with E-state index >= 15 is 0 Å². The minimum absolute atomic E-state index is 0.144. The molecule has 1 aliphatic carbocycles. The fourth-order valence-corrected chi connectivity index (χ4v) is 4.36. The van der Waals surface area contributed by atoms with E-state index in [0.29, 0.717) is 17.7 Å². The number of carbonyl (C=O) groups is 2. The van der Waals surface area contributed by atoms with Crippen molar-refractivity contribution in [2.24, 2.45) is 10.9 Å². The number of aliphatic imine (C=N–C) groups is 1. The summed E-state index contributed by atoms with van der Waals surface area (Å²) in [6.07, 6.45) is 2.88. The highest BCUT2D eigenvalue weighted by atomic mass is 32.1. The second-order valence-electron chi connectivity index (χ2n) is 6.52. The van der Waals surface area contributed by atoms with Crippen molar-refractivity contribution < 1.29 is 14.3 Å². The van der Waals surface area contributed by atoms with Gasteiger partial charge in [0.25, 0.3) is 0 Å². The largest absolute Gasteiger partial charge is 0.459 e. The molecule has 1 aromatic heterocycles. The number of hydrogen-bond donors (Lipinski definition) is 0. The van der Waals surface area contributed by atoms with Gasteiger partial charge in [0.2, 0.25) is 0 Å². The minimum Gasteiger partial charge on any atom is -0.459 e. The van der Waals surface area contributed by atoms with Gasteiger partial charge in [-0.1, -0.05) is 13.0 Å². The third kappa shape index (κ3) is 3.09. The number of thiophene rings is 1. The van der Waals surface area contributed by atoms with Crippen molar-refractivity contribution in [1.82, 2.24) is 0 Å². The van der Waals surface area contributed by atoms with Gasteiger partial charge in [-0.3, -0.25) is 9.79 Å². The SMILES string of the molecule is CC[C@H](C)OC(=O)C1=C(C)N=C2CCCC(=O)[C@@H]2[C@H]1c1cccs1. The summed E-state index contributed by atoms with van der Waals surface area (Å²) in [6.45, 7) is 5.73. The van der Waals surface area contributed by atoms with E-state index < -0.39 is 0 Å². The number of rotatable bonds is 4. The third-order valence-corrected chi connectivity index (χ3v) is 5.82. The van der Waals surface area contributed by atoms with E-state index in [4.69, 9.17) is 4.74 Å². The first-order valence-electron chi connectivity index (χ1n) is 8.58. The molecule has 0 radical (unpaired) electrons. The second-order valence-corrected chi connectivity index (χ2v) is 7.50. The number of esters is 1. The summed E-state index contributed by atoms with van der Waals surface area (Å²) in [5.41, 5.74) is 2.19. The normalized spacial score (nSPS) is 25.1. The van der Waals surface area contributed by atoms with Crippen LogP contribution in [0.25, 0.3) is 0 Å². The van der Waals surface area contributed by atoms with Crippen LogP contribution in [0.4, 0.5) is 0 Å². The lowest BCUT2D eigenvalue weighted by molar-refractivity contribution is -0.144. The average Bonchev–Trinajstić information content (AvgIpc) is 3.07. The van der Waals surface area contributed by atoms with E-state index in [1.54, 1.807) is 11.3 Å². The fourth-order valence-electron chi connectivity index (χ4n) is 3.49. The first-order valence-corrected chi connectivity index (χ1v) is 9.46. The highest BCUT2D eigenvalue weighted by molar-refractivity contribution is 7.10. The summed E-state index contributed by atoms with van der Waals surface area (Å²) in [5.74, 6) is -0.691. The molecule has 2 heterocycles. The van der Waals surface area contributed by atoms with Gasteiger partial charge in [-0.25, -0.2) is 4.79 Å². The fraction of sp³-hybridized carbons (Fsp3) is 0.526. The summed E-state index contributed by atoms with van der Waals surface area (Å²) in [7, 11) is 0. The Balaban J connectivity index is 2.06. The standard InChI is InChI=1S/C19H23NO3S/c1-4-11(2)23-19(22)16-12(3)20-13-7-5-8-14(21)17(13)18(16)15-9-6-10-24-15/h6,9-11,17-18H,4-5,7-8H2,1-3H3/t11-,17+,18-/m0/s1. The molecule has 1 aliphatic heterocycles. The molecule has 0 saturated heterocycles. The van der Waals surface area contributed by atoms with Crippen molar-refractivity contribution >= 4 is 28.8 Å². The molecular formula is C19H23NO3S. The predicted molar refractivity (Wildman–Crippen MR) is 95.4 cm³/mol. The van der Waals surface area contributed by atoms with Gasteiger partial charge in [0.15, 0.2) is 0 Å². The van der Waals surface area contributed by atoms with Crippen molar-refractivity contribution in [3.8, 4) is 0 Å². The van der Waals surface area contributed by atoms with Gasteiger partial charge in [0.05, 0.1) is 17.6 Å². The highest BCUT2D eigenvalue weighted by Gasteiger charge is 2.44. The van der Waals surface area contributed by atoms with Crippen LogP contribution in [-0.2, 0) is 14.3 Å². The third-order valence-electron chi connectivity index (χ3n) is 4.86. The molecule has 0 spiro atoms. The second kappa shape index (κ2) is 7.01. The Morgan fingerprint density at radius 2 is 2.21 bits per heavy atom. The van der Waals surface area contributed by atoms with E-state index in [1.165, 1.54) is 0 Å². The van der Waals surface area contributed by atoms with Crippen LogP contribution >= 0.6 is 11.3 Å². The number of Topliss-reactive ketones (excluding diaryl/α,β-unsaturated/α-hetero) is 1. The molecule has 5 heteroatoms. The van der Waals surface area contributed by atoms with Crippen molar-refractivity contribution in [2.45, 2.75) is 58.5 Å². The Bertz CT molecular complexity index is 702. The van der Waals surface area contributed by atoms with E-state index in [0.717, 1.165) is 29.9 Å². The Labute approximate surface area is 146 Å². The van der Waals surface area contributed by atoms with Crippen LogP contribution in [0.15, 0.2) is 33.8 Å². The molecular weight excluding hydrogens is 322 g/mol. The Morgan fingerprint density at radius 1 is 1.42 bits per heavy atom. The highest BCUT2D eigenvalue weighted by Crippen LogP contribution is 2.44.